The molecule has 0 fully saturated rings. The molecule has 0 saturated carbocycles. The van der Waals surface area contributed by atoms with Gasteiger partial charge in [0.25, 0.3) is 0 Å². The van der Waals surface area contributed by atoms with Crippen molar-refractivity contribution in [3.63, 3.8) is 0 Å². The molecule has 7 aromatic rings. The highest BCUT2D eigenvalue weighted by atomic mass is 15.0. The first-order chi connectivity index (χ1) is 21.2. The lowest BCUT2D eigenvalue weighted by molar-refractivity contribution is 1.18. The summed E-state index contributed by atoms with van der Waals surface area (Å²) < 4.78 is 2.13. The van der Waals surface area contributed by atoms with Crippen LogP contribution in [0.5, 0.6) is 0 Å². The van der Waals surface area contributed by atoms with Crippen LogP contribution in [0, 0.1) is 34.0 Å². The fourth-order valence-corrected chi connectivity index (χ4v) is 5.91. The second-order valence-corrected chi connectivity index (χ2v) is 10.4. The lowest BCUT2D eigenvalue weighted by Gasteiger charge is -2.16. The minimum atomic E-state index is 0.488. The maximum Gasteiger partial charge on any atom is 0.100 e. The lowest BCUT2D eigenvalue weighted by Crippen LogP contribution is -1.98. The molecular weight excluding hydrogens is 524 g/mol. The minimum absolute atomic E-state index is 0.488. The predicted molar refractivity (Wildman–Crippen MR) is 171 cm³/mol. The van der Waals surface area contributed by atoms with Gasteiger partial charge >= 0.3 is 0 Å². The average molecular weight is 547 g/mol. The highest BCUT2D eigenvalue weighted by molar-refractivity contribution is 6.09. The molecule has 0 radical (unpaired) electrons. The van der Waals surface area contributed by atoms with Crippen molar-refractivity contribution in [1.29, 1.82) is 15.8 Å². The van der Waals surface area contributed by atoms with Gasteiger partial charge in [-0.25, -0.2) is 0 Å². The third-order valence-corrected chi connectivity index (χ3v) is 7.86. The van der Waals surface area contributed by atoms with Gasteiger partial charge in [0.2, 0.25) is 0 Å². The van der Waals surface area contributed by atoms with Crippen LogP contribution < -0.4 is 0 Å². The SMILES string of the molecule is N#Cc1cc(-c2cc(-c3ccccc3)cc(-c3ccccc3)c2C#N)cc(-n2c3ccccc3c3cc(C#N)ccc32)c1. The van der Waals surface area contributed by atoms with Crippen molar-refractivity contribution in [3.8, 4) is 57.3 Å². The number of rotatable bonds is 4. The Balaban J connectivity index is 1.54. The van der Waals surface area contributed by atoms with Crippen molar-refractivity contribution < 1.29 is 0 Å². The van der Waals surface area contributed by atoms with Crippen LogP contribution in [0.3, 0.4) is 0 Å². The van der Waals surface area contributed by atoms with Crippen molar-refractivity contribution in [2.45, 2.75) is 0 Å². The zero-order chi connectivity index (χ0) is 29.3. The molecule has 1 aromatic heterocycles. The summed E-state index contributed by atoms with van der Waals surface area (Å²) in [5.41, 5.74) is 9.68. The molecule has 43 heavy (non-hydrogen) atoms. The fraction of sp³-hybridized carbons (Fsp3) is 0. The summed E-state index contributed by atoms with van der Waals surface area (Å²) in [7, 11) is 0. The predicted octanol–water partition coefficient (Wildman–Crippen LogP) is 9.40. The van der Waals surface area contributed by atoms with E-state index in [1.54, 1.807) is 0 Å². The van der Waals surface area contributed by atoms with Crippen LogP contribution >= 0.6 is 0 Å². The second-order valence-electron chi connectivity index (χ2n) is 10.4. The summed E-state index contributed by atoms with van der Waals surface area (Å²) in [4.78, 5) is 0. The molecule has 4 heteroatoms. The number of aromatic nitrogens is 1. The molecule has 0 N–H and O–H groups in total. The van der Waals surface area contributed by atoms with Crippen molar-refractivity contribution in [2.75, 3.05) is 0 Å². The first-order valence-electron chi connectivity index (χ1n) is 13.9. The maximum atomic E-state index is 10.5. The van der Waals surface area contributed by atoms with Crippen LogP contribution in [0.4, 0.5) is 0 Å². The number of hydrogen-bond acceptors (Lipinski definition) is 3. The van der Waals surface area contributed by atoms with Crippen molar-refractivity contribution in [3.05, 3.63) is 150 Å². The second kappa shape index (κ2) is 10.5. The summed E-state index contributed by atoms with van der Waals surface area (Å²) >= 11 is 0. The summed E-state index contributed by atoms with van der Waals surface area (Å²) in [5.74, 6) is 0. The molecule has 0 aliphatic carbocycles. The Hall–Kier alpha value is -6.41. The maximum absolute atomic E-state index is 10.5. The molecule has 4 nitrogen and oxygen atoms in total. The van der Waals surface area contributed by atoms with E-state index in [1.807, 2.05) is 115 Å². The Morgan fingerprint density at radius 2 is 1.05 bits per heavy atom. The highest BCUT2D eigenvalue weighted by Crippen LogP contribution is 2.39. The smallest absolute Gasteiger partial charge is 0.100 e. The van der Waals surface area contributed by atoms with Crippen LogP contribution in [-0.2, 0) is 0 Å². The first kappa shape index (κ1) is 25.6. The number of benzene rings is 6. The number of nitriles is 3. The van der Waals surface area contributed by atoms with Crippen LogP contribution in [0.25, 0.3) is 60.9 Å². The molecule has 0 aliphatic heterocycles. The van der Waals surface area contributed by atoms with Gasteiger partial charge < -0.3 is 4.57 Å². The molecule has 0 atom stereocenters. The van der Waals surface area contributed by atoms with Gasteiger partial charge in [0.15, 0.2) is 0 Å². The summed E-state index contributed by atoms with van der Waals surface area (Å²) in [6, 6.07) is 50.8. The normalized spacial score (nSPS) is 10.7. The van der Waals surface area contributed by atoms with E-state index >= 15 is 0 Å². The molecular formula is C39H22N4. The molecule has 7 rings (SSSR count). The van der Waals surface area contributed by atoms with Crippen LogP contribution in [0.1, 0.15) is 16.7 Å². The summed E-state index contributed by atoms with van der Waals surface area (Å²) in [5, 5.41) is 32.3. The zero-order valence-electron chi connectivity index (χ0n) is 23.0. The van der Waals surface area contributed by atoms with E-state index in [0.29, 0.717) is 16.7 Å². The molecule has 0 bridgehead atoms. The summed E-state index contributed by atoms with van der Waals surface area (Å²) in [6.45, 7) is 0. The number of para-hydroxylation sites is 1. The van der Waals surface area contributed by atoms with E-state index in [1.165, 1.54) is 0 Å². The van der Waals surface area contributed by atoms with Crippen molar-refractivity contribution in [1.82, 2.24) is 4.57 Å². The molecule has 0 unspecified atom stereocenters. The zero-order valence-corrected chi connectivity index (χ0v) is 23.0. The van der Waals surface area contributed by atoms with Crippen molar-refractivity contribution >= 4 is 21.8 Å². The molecule has 0 spiro atoms. The fourth-order valence-electron chi connectivity index (χ4n) is 5.91. The van der Waals surface area contributed by atoms with Gasteiger partial charge in [0.1, 0.15) is 6.07 Å². The molecule has 198 valence electrons. The van der Waals surface area contributed by atoms with E-state index in [2.05, 4.69) is 41.0 Å². The quantitative estimate of drug-likeness (QED) is 0.221. The number of fused-ring (bicyclic) bond motifs is 3. The molecule has 0 aliphatic rings. The Morgan fingerprint density at radius 1 is 0.419 bits per heavy atom. The minimum Gasteiger partial charge on any atom is -0.309 e. The van der Waals surface area contributed by atoms with Crippen molar-refractivity contribution in [2.24, 2.45) is 0 Å². The van der Waals surface area contributed by atoms with Gasteiger partial charge in [0.05, 0.1) is 39.9 Å². The Labute approximate surface area is 249 Å². The average Bonchev–Trinajstić information content (AvgIpc) is 3.41. The third-order valence-electron chi connectivity index (χ3n) is 7.86. The van der Waals surface area contributed by atoms with Gasteiger partial charge in [-0.3, -0.25) is 0 Å². The number of hydrogen-bond donors (Lipinski definition) is 0. The van der Waals surface area contributed by atoms with Gasteiger partial charge in [-0.1, -0.05) is 78.9 Å². The number of nitrogens with zero attached hydrogens (tertiary/aromatic N) is 4. The molecule has 0 amide bonds. The molecule has 0 saturated heterocycles. The largest absolute Gasteiger partial charge is 0.309 e. The van der Waals surface area contributed by atoms with E-state index in [9.17, 15) is 15.8 Å². The van der Waals surface area contributed by atoms with Crippen LogP contribution in [-0.4, -0.2) is 4.57 Å². The highest BCUT2D eigenvalue weighted by Gasteiger charge is 2.18. The molecule has 1 heterocycles. The van der Waals surface area contributed by atoms with Gasteiger partial charge in [0, 0.05) is 27.6 Å². The standard InChI is InChI=1S/C39H22N4/c40-23-26-15-16-39-36(19-26)33-13-7-8-14-38(33)43(39)32-18-27(24-41)17-31(20-32)35-22-30(28-9-3-1-4-10-28)21-34(37(35)25-42)29-11-5-2-6-12-29/h1-22H. The van der Waals surface area contributed by atoms with Gasteiger partial charge in [-0.15, -0.1) is 0 Å². The van der Waals surface area contributed by atoms with Crippen LogP contribution in [0.2, 0.25) is 0 Å². The third kappa shape index (κ3) is 4.39. The van der Waals surface area contributed by atoms with E-state index in [4.69, 9.17) is 0 Å². The van der Waals surface area contributed by atoms with E-state index in [-0.39, 0.29) is 0 Å². The Bertz CT molecular complexity index is 2310. The Kier molecular flexibility index (Phi) is 6.26. The Morgan fingerprint density at radius 3 is 1.74 bits per heavy atom. The van der Waals surface area contributed by atoms with Gasteiger partial charge in [-0.2, -0.15) is 15.8 Å². The van der Waals surface area contributed by atoms with Gasteiger partial charge in [-0.05, 0) is 76.9 Å². The summed E-state index contributed by atoms with van der Waals surface area (Å²) in [6.07, 6.45) is 0. The van der Waals surface area contributed by atoms with Crippen LogP contribution in [0.15, 0.2) is 133 Å². The topological polar surface area (TPSA) is 76.3 Å². The van der Waals surface area contributed by atoms with E-state index < -0.39 is 0 Å². The molecule has 6 aromatic carbocycles. The van der Waals surface area contributed by atoms with E-state index in [0.717, 1.165) is 60.9 Å². The first-order valence-corrected chi connectivity index (χ1v) is 13.9. The lowest BCUT2D eigenvalue weighted by atomic mass is 9.88. The monoisotopic (exact) mass is 546 g/mol.